The molecule has 1 saturated carbocycles. The highest BCUT2D eigenvalue weighted by Crippen LogP contribution is 2.59. The van der Waals surface area contributed by atoms with E-state index in [4.69, 9.17) is 34.5 Å². The highest BCUT2D eigenvalue weighted by Gasteiger charge is 2.60. The first-order valence-electron chi connectivity index (χ1n) is 23.3. The predicted molar refractivity (Wildman–Crippen MR) is 244 cm³/mol. The number of ketones is 1. The molecule has 0 bridgehead atoms. The number of piperidine rings is 2. The first-order valence-corrected chi connectivity index (χ1v) is 23.3. The molecule has 352 valence electrons. The van der Waals surface area contributed by atoms with Gasteiger partial charge in [0.1, 0.15) is 11.4 Å². The van der Waals surface area contributed by atoms with Gasteiger partial charge in [0, 0.05) is 31.7 Å². The van der Waals surface area contributed by atoms with Gasteiger partial charge in [-0.25, -0.2) is 4.39 Å². The Morgan fingerprint density at radius 3 is 2.00 bits per heavy atom. The highest BCUT2D eigenvalue weighted by atomic mass is 19.1. The molecule has 2 aromatic carbocycles. The van der Waals surface area contributed by atoms with Crippen LogP contribution in [0, 0.1) is 23.1 Å². The van der Waals surface area contributed by atoms with Crippen LogP contribution in [0.15, 0.2) is 48.0 Å². The second-order valence-corrected chi connectivity index (χ2v) is 18.1. The lowest BCUT2D eigenvalue weighted by Gasteiger charge is -2.48. The van der Waals surface area contributed by atoms with E-state index in [9.17, 15) is 18.8 Å². The summed E-state index contributed by atoms with van der Waals surface area (Å²) in [6.07, 6.45) is 12.7. The van der Waals surface area contributed by atoms with Gasteiger partial charge in [0.15, 0.2) is 17.3 Å². The van der Waals surface area contributed by atoms with Gasteiger partial charge >= 0.3 is 5.97 Å². The number of aliphatic carboxylic acids is 1. The number of carbonyl (C=O) groups is 3. The monoisotopic (exact) mass is 882 g/mol. The van der Waals surface area contributed by atoms with Gasteiger partial charge in [-0.1, -0.05) is 58.6 Å². The fraction of sp³-hybridized carbons (Fsp3) is 0.660. The Morgan fingerprint density at radius 1 is 0.841 bits per heavy atom. The number of carboxylic acid groups (broad SMARTS) is 1. The van der Waals surface area contributed by atoms with Crippen LogP contribution in [-0.4, -0.2) is 111 Å². The molecule has 0 radical (unpaired) electrons. The van der Waals surface area contributed by atoms with Crippen molar-refractivity contribution in [3.63, 3.8) is 0 Å². The minimum Gasteiger partial charge on any atom is -0.481 e. The lowest BCUT2D eigenvalue weighted by Crippen LogP contribution is -2.63. The summed E-state index contributed by atoms with van der Waals surface area (Å²) < 4.78 is 40.6. The van der Waals surface area contributed by atoms with Crippen LogP contribution >= 0.6 is 0 Å². The molecule has 2 atom stereocenters. The van der Waals surface area contributed by atoms with Crippen LogP contribution in [0.5, 0.6) is 11.5 Å². The van der Waals surface area contributed by atoms with Gasteiger partial charge in [-0.15, -0.1) is 0 Å². The summed E-state index contributed by atoms with van der Waals surface area (Å²) in [6.45, 7) is 20.9. The molecule has 2 aromatic rings. The number of fused-ring (bicyclic) bond motifs is 1. The standard InChI is InChI=1S/C21H30FN3O2.C19H30O5.C10H16O2/c22-18-8-6-17(7-9-18)19(26)5-4-12-24-15-10-21(11-16-24,20(23)27)25-13-2-1-3-14-25;1-3-5-7-20-8-9-21-10-11-22-14-17-13-19-18(23-15-24-19)12-16(17)6-4-2;1-6(2)5-7-8(9(11)12)10(7,3)4/h6-9H,1-5,10-16H2,(H2,23,27);12-13H,3-11,14-15H2,1-2H3;5,7-8H,1-4H3,(H,11,12). The molecule has 3 N–H and O–H groups in total. The van der Waals surface area contributed by atoms with E-state index in [1.165, 1.54) is 35.3 Å². The van der Waals surface area contributed by atoms with E-state index in [0.29, 0.717) is 51.8 Å². The minimum atomic E-state index is -0.664. The van der Waals surface area contributed by atoms with Gasteiger partial charge in [-0.05, 0) is 137 Å². The fourth-order valence-electron chi connectivity index (χ4n) is 8.78. The zero-order valence-corrected chi connectivity index (χ0v) is 39.0. The third kappa shape index (κ3) is 16.0. The summed E-state index contributed by atoms with van der Waals surface area (Å²) in [7, 11) is 0. The summed E-state index contributed by atoms with van der Waals surface area (Å²) >= 11 is 0. The van der Waals surface area contributed by atoms with Crippen molar-refractivity contribution in [1.82, 2.24) is 9.80 Å². The molecular formula is C50H76FN3O9. The molecule has 2 unspecified atom stereocenters. The number of hydrogen-bond acceptors (Lipinski definition) is 10. The summed E-state index contributed by atoms with van der Waals surface area (Å²) in [5.41, 5.74) is 9.51. The number of unbranched alkanes of at least 4 members (excludes halogenated alkanes) is 1. The van der Waals surface area contributed by atoms with Crippen molar-refractivity contribution in [3.05, 3.63) is 70.6 Å². The first kappa shape index (κ1) is 51.8. The molecule has 0 spiro atoms. The number of amides is 1. The average molecular weight is 882 g/mol. The van der Waals surface area contributed by atoms with E-state index >= 15 is 0 Å². The molecule has 4 aliphatic rings. The Labute approximate surface area is 376 Å². The third-order valence-corrected chi connectivity index (χ3v) is 12.7. The van der Waals surface area contributed by atoms with Gasteiger partial charge in [0.2, 0.25) is 12.7 Å². The molecule has 1 aliphatic carbocycles. The fourth-order valence-corrected chi connectivity index (χ4v) is 8.78. The number of carboxylic acids is 1. The molecule has 1 amide bonds. The van der Waals surface area contributed by atoms with E-state index < -0.39 is 11.5 Å². The molecule has 12 nitrogen and oxygen atoms in total. The number of nitrogens with two attached hydrogens (primary N) is 1. The number of carbonyl (C=O) groups excluding carboxylic acids is 2. The van der Waals surface area contributed by atoms with Crippen molar-refractivity contribution in [1.29, 1.82) is 0 Å². The Bertz CT molecular complexity index is 1750. The number of allylic oxidation sites excluding steroid dienone is 2. The lowest BCUT2D eigenvalue weighted by molar-refractivity contribution is -0.139. The van der Waals surface area contributed by atoms with E-state index in [2.05, 4.69) is 35.8 Å². The largest absolute Gasteiger partial charge is 0.481 e. The smallest absolute Gasteiger partial charge is 0.307 e. The molecule has 3 fully saturated rings. The average Bonchev–Trinajstić information content (AvgIpc) is 3.52. The Balaban J connectivity index is 0.000000222. The number of rotatable bonds is 22. The van der Waals surface area contributed by atoms with Gasteiger partial charge in [-0.3, -0.25) is 19.3 Å². The second-order valence-electron chi connectivity index (χ2n) is 18.1. The molecule has 3 aliphatic heterocycles. The van der Waals surface area contributed by atoms with Crippen molar-refractivity contribution < 1.29 is 47.6 Å². The van der Waals surface area contributed by atoms with Gasteiger partial charge < -0.3 is 39.4 Å². The number of hydrogen-bond donors (Lipinski definition) is 2. The molecule has 2 saturated heterocycles. The Kier molecular flexibility index (Phi) is 21.5. The lowest BCUT2D eigenvalue weighted by atomic mass is 9.83. The normalized spacial score (nSPS) is 19.8. The summed E-state index contributed by atoms with van der Waals surface area (Å²) in [5.74, 6) is 0.589. The van der Waals surface area contributed by atoms with Crippen molar-refractivity contribution in [2.75, 3.05) is 72.6 Å². The van der Waals surface area contributed by atoms with Crippen molar-refractivity contribution >= 4 is 17.7 Å². The zero-order chi connectivity index (χ0) is 45.8. The van der Waals surface area contributed by atoms with Crippen molar-refractivity contribution in [3.8, 4) is 11.5 Å². The van der Waals surface area contributed by atoms with Crippen LogP contribution in [0.25, 0.3) is 0 Å². The second kappa shape index (κ2) is 26.2. The summed E-state index contributed by atoms with van der Waals surface area (Å²) in [6, 6.07) is 9.84. The van der Waals surface area contributed by atoms with E-state index in [1.807, 2.05) is 33.8 Å². The molecule has 6 rings (SSSR count). The maximum absolute atomic E-state index is 12.9. The Hall–Kier alpha value is -3.88. The number of Topliss-reactive ketones (excluding diaryl/α,β-unsaturated/α-hetero) is 1. The molecular weight excluding hydrogens is 806 g/mol. The van der Waals surface area contributed by atoms with E-state index in [1.54, 1.807) is 12.1 Å². The van der Waals surface area contributed by atoms with Crippen LogP contribution in [-0.2, 0) is 36.8 Å². The summed E-state index contributed by atoms with van der Waals surface area (Å²) in [4.78, 5) is 39.8. The van der Waals surface area contributed by atoms with Gasteiger partial charge in [0.05, 0.1) is 39.0 Å². The van der Waals surface area contributed by atoms with Crippen LogP contribution in [0.1, 0.15) is 127 Å². The SMILES string of the molecule is CC(C)=CC1C(C(=O)O)C1(C)C.CCCCOCCOCCOCc1cc2c(cc1CCC)OCO2.NC(=O)C1(N2CCCCC2)CCN(CCCC(=O)c2ccc(F)cc2)CC1. The molecule has 0 aromatic heterocycles. The Morgan fingerprint density at radius 2 is 1.44 bits per heavy atom. The van der Waals surface area contributed by atoms with Crippen LogP contribution in [0.4, 0.5) is 4.39 Å². The number of halogens is 1. The highest BCUT2D eigenvalue weighted by molar-refractivity contribution is 5.96. The quantitative estimate of drug-likeness (QED) is 0.0665. The number of primary amides is 1. The number of benzene rings is 2. The third-order valence-electron chi connectivity index (χ3n) is 12.7. The van der Waals surface area contributed by atoms with Gasteiger partial charge in [0.25, 0.3) is 0 Å². The molecule has 3 heterocycles. The number of likely N-dealkylation sites (tertiary alicyclic amines) is 2. The first-order chi connectivity index (χ1) is 30.2. The topological polar surface area (TPSA) is 150 Å². The maximum atomic E-state index is 12.9. The molecule has 63 heavy (non-hydrogen) atoms. The van der Waals surface area contributed by atoms with Crippen LogP contribution in [0.2, 0.25) is 0 Å². The van der Waals surface area contributed by atoms with Crippen molar-refractivity contribution in [2.45, 2.75) is 124 Å². The zero-order valence-electron chi connectivity index (χ0n) is 39.0. The minimum absolute atomic E-state index is 0.0386. The van der Waals surface area contributed by atoms with Crippen LogP contribution in [0.3, 0.4) is 0 Å². The summed E-state index contributed by atoms with van der Waals surface area (Å²) in [5, 5.41) is 8.84. The predicted octanol–water partition coefficient (Wildman–Crippen LogP) is 8.62. The maximum Gasteiger partial charge on any atom is 0.307 e. The number of aryl methyl sites for hydroxylation is 1. The number of ether oxygens (including phenoxy) is 5. The van der Waals surface area contributed by atoms with E-state index in [-0.39, 0.29) is 34.8 Å². The van der Waals surface area contributed by atoms with E-state index in [0.717, 1.165) is 109 Å². The van der Waals surface area contributed by atoms with Crippen LogP contribution < -0.4 is 15.2 Å². The van der Waals surface area contributed by atoms with Crippen molar-refractivity contribution in [2.24, 2.45) is 23.0 Å². The van der Waals surface area contributed by atoms with Gasteiger partial charge in [-0.2, -0.15) is 0 Å². The molecule has 13 heteroatoms. The number of nitrogens with zero attached hydrogens (tertiary/aromatic N) is 2.